The lowest BCUT2D eigenvalue weighted by molar-refractivity contribution is -0.147. The van der Waals surface area contributed by atoms with Crippen LogP contribution in [0, 0.1) is 17.8 Å². The van der Waals surface area contributed by atoms with E-state index in [2.05, 4.69) is 15.6 Å². The Morgan fingerprint density at radius 2 is 1.79 bits per heavy atom. The molecule has 2 atom stereocenters. The highest BCUT2D eigenvalue weighted by Gasteiger charge is 2.26. The fourth-order valence-corrected chi connectivity index (χ4v) is 4.30. The number of esters is 1. The van der Waals surface area contributed by atoms with Crippen molar-refractivity contribution in [2.24, 2.45) is 28.5 Å². The number of ether oxygens (including phenoxy) is 1. The highest BCUT2D eigenvalue weighted by Crippen LogP contribution is 2.28. The van der Waals surface area contributed by atoms with Crippen molar-refractivity contribution in [1.29, 1.82) is 0 Å². The topological polar surface area (TPSA) is 123 Å². The van der Waals surface area contributed by atoms with E-state index in [0.29, 0.717) is 31.2 Å². The van der Waals surface area contributed by atoms with E-state index in [1.54, 1.807) is 0 Å². The van der Waals surface area contributed by atoms with E-state index in [9.17, 15) is 14.4 Å². The van der Waals surface area contributed by atoms with Gasteiger partial charge in [-0.1, -0.05) is 76.3 Å². The van der Waals surface area contributed by atoms with Crippen molar-refractivity contribution in [3.63, 3.8) is 0 Å². The Morgan fingerprint density at radius 1 is 1.12 bits per heavy atom. The molecule has 0 heterocycles. The van der Waals surface area contributed by atoms with Gasteiger partial charge in [0.05, 0.1) is 13.0 Å². The second-order valence-electron chi connectivity index (χ2n) is 9.57. The fourth-order valence-electron chi connectivity index (χ4n) is 4.30. The van der Waals surface area contributed by atoms with Crippen molar-refractivity contribution >= 4 is 23.7 Å². The number of nitrogens with one attached hydrogen (secondary N) is 2. The third kappa shape index (κ3) is 9.93. The minimum absolute atomic E-state index is 0.0926. The summed E-state index contributed by atoms with van der Waals surface area (Å²) in [6.07, 6.45) is 6.61. The second-order valence-corrected chi connectivity index (χ2v) is 9.57. The van der Waals surface area contributed by atoms with Crippen LogP contribution < -0.4 is 16.4 Å². The van der Waals surface area contributed by atoms with Gasteiger partial charge in [0.2, 0.25) is 11.8 Å². The first-order valence-electron chi connectivity index (χ1n) is 12.3. The van der Waals surface area contributed by atoms with Gasteiger partial charge >= 0.3 is 5.97 Å². The smallest absolute Gasteiger partial charge is 0.309 e. The Hall–Kier alpha value is -2.90. The molecular weight excluding hydrogens is 432 g/mol. The highest BCUT2D eigenvalue weighted by atomic mass is 16.5. The van der Waals surface area contributed by atoms with Crippen molar-refractivity contribution in [2.45, 2.75) is 71.3 Å². The third-order valence-corrected chi connectivity index (χ3v) is 6.12. The lowest BCUT2D eigenvalue weighted by Crippen LogP contribution is -2.43. The zero-order chi connectivity index (χ0) is 24.9. The first kappa shape index (κ1) is 27.3. The summed E-state index contributed by atoms with van der Waals surface area (Å²) in [4.78, 5) is 42.1. The monoisotopic (exact) mass is 472 g/mol. The summed E-state index contributed by atoms with van der Waals surface area (Å²) in [6.45, 7) is 4.62. The number of carbonyl (C=O) groups is 3. The Bertz CT molecular complexity index is 819. The number of hydrogen-bond donors (Lipinski definition) is 3. The molecule has 1 saturated carbocycles. The maximum absolute atomic E-state index is 12.8. The predicted molar refractivity (Wildman–Crippen MR) is 133 cm³/mol. The molecule has 0 radical (unpaired) electrons. The zero-order valence-electron chi connectivity index (χ0n) is 20.7. The van der Waals surface area contributed by atoms with Crippen LogP contribution in [0.4, 0.5) is 0 Å². The lowest BCUT2D eigenvalue weighted by atomic mass is 9.84. The van der Waals surface area contributed by atoms with Gasteiger partial charge in [0, 0.05) is 13.0 Å². The zero-order valence-corrected chi connectivity index (χ0v) is 20.7. The van der Waals surface area contributed by atoms with Gasteiger partial charge in [0.1, 0.15) is 6.04 Å². The molecule has 2 rings (SSSR count). The van der Waals surface area contributed by atoms with Gasteiger partial charge in [0.25, 0.3) is 0 Å². The molecule has 8 heteroatoms. The van der Waals surface area contributed by atoms with E-state index in [1.807, 2.05) is 44.2 Å². The van der Waals surface area contributed by atoms with E-state index >= 15 is 0 Å². The molecule has 0 bridgehead atoms. The predicted octanol–water partition coefficient (Wildman–Crippen LogP) is 2.95. The van der Waals surface area contributed by atoms with E-state index in [0.717, 1.165) is 31.2 Å². The minimum atomic E-state index is -0.650. The van der Waals surface area contributed by atoms with Crippen molar-refractivity contribution in [3.8, 4) is 0 Å². The number of nitrogens with two attached hydrogens (primary N) is 1. The molecule has 0 aromatic heterocycles. The van der Waals surface area contributed by atoms with Gasteiger partial charge in [-0.2, -0.15) is 0 Å². The molecular formula is C26H40N4O4. The number of rotatable bonds is 11. The first-order chi connectivity index (χ1) is 16.3. The molecule has 1 fully saturated rings. The van der Waals surface area contributed by atoms with Crippen molar-refractivity contribution < 1.29 is 19.1 Å². The number of benzene rings is 1. The molecule has 0 spiro atoms. The molecule has 0 unspecified atom stereocenters. The number of guanidine groups is 1. The van der Waals surface area contributed by atoms with Crippen LogP contribution in [0.15, 0.2) is 35.3 Å². The van der Waals surface area contributed by atoms with Crippen molar-refractivity contribution in [1.82, 2.24) is 10.6 Å². The van der Waals surface area contributed by atoms with Crippen LogP contribution in [0.25, 0.3) is 0 Å². The Morgan fingerprint density at radius 3 is 2.41 bits per heavy atom. The normalized spacial score (nSPS) is 16.5. The summed E-state index contributed by atoms with van der Waals surface area (Å²) < 4.78 is 4.88. The average molecular weight is 473 g/mol. The van der Waals surface area contributed by atoms with Gasteiger partial charge in [0.15, 0.2) is 5.96 Å². The van der Waals surface area contributed by atoms with Crippen LogP contribution in [0.1, 0.15) is 64.4 Å². The highest BCUT2D eigenvalue weighted by molar-refractivity contribution is 5.98. The summed E-state index contributed by atoms with van der Waals surface area (Å²) in [5.41, 5.74) is 6.97. The van der Waals surface area contributed by atoms with Gasteiger partial charge in [-0.15, -0.1) is 0 Å². The molecule has 1 aromatic rings. The summed E-state index contributed by atoms with van der Waals surface area (Å²) >= 11 is 0. The van der Waals surface area contributed by atoms with E-state index in [1.165, 1.54) is 13.5 Å². The second kappa shape index (κ2) is 14.4. The first-order valence-corrected chi connectivity index (χ1v) is 12.3. The number of hydrogen-bond acceptors (Lipinski definition) is 5. The minimum Gasteiger partial charge on any atom is -0.469 e. The van der Waals surface area contributed by atoms with Crippen LogP contribution in [-0.4, -0.2) is 43.4 Å². The molecule has 1 aromatic carbocycles. The van der Waals surface area contributed by atoms with Gasteiger partial charge in [-0.25, -0.2) is 4.99 Å². The molecule has 188 valence electrons. The SMILES string of the molecule is COC(=O)[C@H](CC(=O)NC(N)=N[C@H](CC1CCCCC1)C(=O)NCC(C)C)Cc1ccccc1. The number of aliphatic imine (C=N–C) groups is 1. The Labute approximate surface area is 203 Å². The number of carbonyl (C=O) groups excluding carboxylic acids is 3. The lowest BCUT2D eigenvalue weighted by Gasteiger charge is -2.24. The maximum Gasteiger partial charge on any atom is 0.309 e. The standard InChI is InChI=1S/C26H40N4O4/c1-18(2)17-28-24(32)22(15-20-12-8-5-9-13-20)29-26(27)30-23(31)16-21(25(33)34-3)14-19-10-6-4-7-11-19/h4,6-7,10-11,18,20-22H,5,8-9,12-17H2,1-3H3,(H,28,32)(H3,27,29,30,31)/t21-,22+/m0/s1. The summed E-state index contributed by atoms with van der Waals surface area (Å²) in [7, 11) is 1.31. The molecule has 34 heavy (non-hydrogen) atoms. The molecule has 2 amide bonds. The summed E-state index contributed by atoms with van der Waals surface area (Å²) in [5, 5.41) is 5.50. The van der Waals surface area contributed by atoms with E-state index in [4.69, 9.17) is 10.5 Å². The van der Waals surface area contributed by atoms with Crippen LogP contribution in [-0.2, 0) is 25.5 Å². The number of amides is 2. The fraction of sp³-hybridized carbons (Fsp3) is 0.615. The summed E-state index contributed by atoms with van der Waals surface area (Å²) in [6, 6.07) is 8.80. The Kier molecular flexibility index (Phi) is 11.6. The quantitative estimate of drug-likeness (QED) is 0.260. The molecule has 1 aliphatic carbocycles. The molecule has 0 saturated heterocycles. The third-order valence-electron chi connectivity index (χ3n) is 6.12. The van der Waals surface area contributed by atoms with Gasteiger partial charge in [-0.3, -0.25) is 19.7 Å². The van der Waals surface area contributed by atoms with Crippen molar-refractivity contribution in [2.75, 3.05) is 13.7 Å². The van der Waals surface area contributed by atoms with Crippen LogP contribution >= 0.6 is 0 Å². The molecule has 1 aliphatic rings. The largest absolute Gasteiger partial charge is 0.469 e. The van der Waals surface area contributed by atoms with Crippen LogP contribution in [0.2, 0.25) is 0 Å². The van der Waals surface area contributed by atoms with Gasteiger partial charge < -0.3 is 15.8 Å². The van der Waals surface area contributed by atoms with Crippen molar-refractivity contribution in [3.05, 3.63) is 35.9 Å². The summed E-state index contributed by atoms with van der Waals surface area (Å²) in [5.74, 6) is -1.08. The van der Waals surface area contributed by atoms with Gasteiger partial charge in [-0.05, 0) is 30.2 Å². The Balaban J connectivity index is 2.03. The average Bonchev–Trinajstić information content (AvgIpc) is 2.82. The molecule has 8 nitrogen and oxygen atoms in total. The van der Waals surface area contributed by atoms with Crippen LogP contribution in [0.3, 0.4) is 0 Å². The number of methoxy groups -OCH3 is 1. The molecule has 0 aliphatic heterocycles. The number of nitrogens with zero attached hydrogens (tertiary/aromatic N) is 1. The van der Waals surface area contributed by atoms with E-state index < -0.39 is 23.8 Å². The van der Waals surface area contributed by atoms with E-state index in [-0.39, 0.29) is 18.3 Å². The molecule has 4 N–H and O–H groups in total. The maximum atomic E-state index is 12.8. The van der Waals surface area contributed by atoms with Crippen LogP contribution in [0.5, 0.6) is 0 Å².